The Labute approximate surface area is 206 Å². The van der Waals surface area contributed by atoms with Crippen LogP contribution in [-0.2, 0) is 6.42 Å². The molecule has 0 unspecified atom stereocenters. The van der Waals surface area contributed by atoms with Gasteiger partial charge in [-0.3, -0.25) is 4.40 Å². The van der Waals surface area contributed by atoms with Gasteiger partial charge in [0, 0.05) is 42.6 Å². The number of aromatic nitrogens is 3. The van der Waals surface area contributed by atoms with E-state index in [2.05, 4.69) is 38.6 Å². The van der Waals surface area contributed by atoms with Gasteiger partial charge in [0.15, 0.2) is 5.65 Å². The summed E-state index contributed by atoms with van der Waals surface area (Å²) in [5, 5.41) is 1.09. The van der Waals surface area contributed by atoms with Crippen LogP contribution in [0.5, 0.6) is 0 Å². The normalized spacial score (nSPS) is 19.4. The van der Waals surface area contributed by atoms with Crippen LogP contribution in [-0.4, -0.2) is 27.5 Å². The van der Waals surface area contributed by atoms with Crippen molar-refractivity contribution >= 4 is 46.6 Å². The Hall–Kier alpha value is -2.25. The number of hydrogen-bond acceptors (Lipinski definition) is 5. The highest BCUT2D eigenvalue weighted by atomic mass is 35.5. The van der Waals surface area contributed by atoms with Crippen molar-refractivity contribution in [2.45, 2.75) is 35.1 Å². The lowest BCUT2D eigenvalue weighted by Crippen LogP contribution is -2.45. The molecule has 2 aromatic carbocycles. The molecule has 1 atom stereocenters. The molecule has 0 amide bonds. The van der Waals surface area contributed by atoms with Gasteiger partial charge in [-0.2, -0.15) is 0 Å². The number of piperidine rings is 1. The summed E-state index contributed by atoms with van der Waals surface area (Å²) in [5.74, 6) is 0.919. The van der Waals surface area contributed by atoms with Gasteiger partial charge in [0.05, 0.1) is 14.9 Å². The van der Waals surface area contributed by atoms with Gasteiger partial charge in [0.25, 0.3) is 0 Å². The monoisotopic (exact) mass is 495 g/mol. The minimum Gasteiger partial charge on any atom is -0.342 e. The fourth-order valence-corrected chi connectivity index (χ4v) is 6.73. The van der Waals surface area contributed by atoms with Crippen molar-refractivity contribution in [3.63, 3.8) is 0 Å². The van der Waals surface area contributed by atoms with Gasteiger partial charge in [-0.25, -0.2) is 9.97 Å². The molecule has 4 aromatic rings. The molecule has 2 aromatic heterocycles. The van der Waals surface area contributed by atoms with Crippen molar-refractivity contribution in [1.29, 1.82) is 0 Å². The topological polar surface area (TPSA) is 59.5 Å². The predicted molar refractivity (Wildman–Crippen MR) is 135 cm³/mol. The Bertz CT molecular complexity index is 1350. The third-order valence-corrected chi connectivity index (χ3v) is 9.14. The fraction of sp³-hybridized carbons (Fsp3) is 0.280. The molecule has 1 spiro atoms. The zero-order valence-electron chi connectivity index (χ0n) is 17.9. The predicted octanol–water partition coefficient (Wildman–Crippen LogP) is 6.03. The summed E-state index contributed by atoms with van der Waals surface area (Å²) < 4.78 is 2.07. The van der Waals surface area contributed by atoms with Crippen molar-refractivity contribution in [2.75, 3.05) is 18.0 Å². The maximum Gasteiger partial charge on any atom is 0.211 e. The molecule has 5 nitrogen and oxygen atoms in total. The van der Waals surface area contributed by atoms with Gasteiger partial charge >= 0.3 is 0 Å². The Morgan fingerprint density at radius 2 is 1.82 bits per heavy atom. The fourth-order valence-electron chi connectivity index (χ4n) is 5.33. The van der Waals surface area contributed by atoms with Crippen molar-refractivity contribution in [3.8, 4) is 0 Å². The van der Waals surface area contributed by atoms with E-state index in [-0.39, 0.29) is 11.5 Å². The highest BCUT2D eigenvalue weighted by molar-refractivity contribution is 7.99. The molecule has 0 radical (unpaired) electrons. The Morgan fingerprint density at radius 1 is 1.00 bits per heavy atom. The van der Waals surface area contributed by atoms with Crippen molar-refractivity contribution < 1.29 is 0 Å². The lowest BCUT2D eigenvalue weighted by atomic mass is 9.73. The Kier molecular flexibility index (Phi) is 5.29. The number of nitrogens with two attached hydrogens (primary N) is 1. The maximum atomic E-state index is 6.76. The summed E-state index contributed by atoms with van der Waals surface area (Å²) in [6.07, 6.45) is 8.86. The van der Waals surface area contributed by atoms with E-state index < -0.39 is 0 Å². The van der Waals surface area contributed by atoms with Crippen molar-refractivity contribution in [2.24, 2.45) is 11.1 Å². The molecule has 0 bridgehead atoms. The average molecular weight is 496 g/mol. The number of benzene rings is 2. The number of rotatable bonds is 3. The van der Waals surface area contributed by atoms with Gasteiger partial charge < -0.3 is 10.6 Å². The van der Waals surface area contributed by atoms with Crippen LogP contribution >= 0.6 is 35.0 Å². The van der Waals surface area contributed by atoms with Crippen LogP contribution in [0.2, 0.25) is 10.0 Å². The quantitative estimate of drug-likeness (QED) is 0.375. The molecular weight excluding hydrogens is 473 g/mol. The van der Waals surface area contributed by atoms with Crippen LogP contribution in [0.15, 0.2) is 70.8 Å². The van der Waals surface area contributed by atoms with Gasteiger partial charge in [-0.1, -0.05) is 65.3 Å². The lowest BCUT2D eigenvalue weighted by molar-refractivity contribution is 0.186. The van der Waals surface area contributed by atoms with Crippen LogP contribution in [0.3, 0.4) is 0 Å². The van der Waals surface area contributed by atoms with E-state index in [9.17, 15) is 0 Å². The second-order valence-electron chi connectivity index (χ2n) is 8.90. The molecule has 2 N–H and O–H groups in total. The molecule has 168 valence electrons. The van der Waals surface area contributed by atoms with E-state index in [0.29, 0.717) is 10.0 Å². The lowest BCUT2D eigenvalue weighted by Gasteiger charge is -2.42. The number of hydrogen-bond donors (Lipinski definition) is 1. The van der Waals surface area contributed by atoms with E-state index in [1.807, 2.05) is 30.7 Å². The molecular formula is C25H23Cl2N5S. The minimum absolute atomic E-state index is 0.110. The van der Waals surface area contributed by atoms with Gasteiger partial charge in [0.2, 0.25) is 5.95 Å². The largest absolute Gasteiger partial charge is 0.342 e. The van der Waals surface area contributed by atoms with Crippen molar-refractivity contribution in [3.05, 3.63) is 82.2 Å². The minimum atomic E-state index is 0.110. The molecule has 1 saturated heterocycles. The van der Waals surface area contributed by atoms with E-state index in [1.165, 1.54) is 22.9 Å². The molecule has 0 saturated carbocycles. The second-order valence-corrected chi connectivity index (χ2v) is 10.8. The third kappa shape index (κ3) is 3.51. The van der Waals surface area contributed by atoms with E-state index in [4.69, 9.17) is 33.9 Å². The zero-order chi connectivity index (χ0) is 22.6. The van der Waals surface area contributed by atoms with E-state index in [0.717, 1.165) is 53.7 Å². The number of anilines is 1. The SMILES string of the molecule is N[C@H]1c2ccccc2CC12CCN(c1ncc(Sc3cccc(Cl)c3Cl)c3nccn13)CC2. The van der Waals surface area contributed by atoms with Crippen LogP contribution in [0.1, 0.15) is 30.0 Å². The van der Waals surface area contributed by atoms with Gasteiger partial charge in [-0.15, -0.1) is 0 Å². The smallest absolute Gasteiger partial charge is 0.211 e. The number of halogens is 2. The first-order valence-electron chi connectivity index (χ1n) is 11.1. The zero-order valence-corrected chi connectivity index (χ0v) is 20.2. The molecule has 33 heavy (non-hydrogen) atoms. The second kappa shape index (κ2) is 8.20. The molecule has 2 aliphatic rings. The van der Waals surface area contributed by atoms with Crippen molar-refractivity contribution in [1.82, 2.24) is 14.4 Å². The number of nitrogens with zero attached hydrogens (tertiary/aromatic N) is 4. The first kappa shape index (κ1) is 21.3. The van der Waals surface area contributed by atoms with E-state index >= 15 is 0 Å². The molecule has 3 heterocycles. The summed E-state index contributed by atoms with van der Waals surface area (Å²) in [6, 6.07) is 14.4. The summed E-state index contributed by atoms with van der Waals surface area (Å²) in [5.41, 5.74) is 10.5. The standard InChI is InChI=1S/C25H23Cl2N5S/c26-18-6-3-7-19(21(18)27)33-20-15-30-24(32-13-10-29-23(20)32)31-11-8-25(9-12-31)14-16-4-1-2-5-17(16)22(25)28/h1-7,10,13,15,22H,8-9,11-12,14,28H2/t22-/m0/s1. The number of imidazole rings is 1. The summed E-state index contributed by atoms with van der Waals surface area (Å²) >= 11 is 14.1. The third-order valence-electron chi connectivity index (χ3n) is 7.14. The van der Waals surface area contributed by atoms with Crippen LogP contribution < -0.4 is 10.6 Å². The molecule has 8 heteroatoms. The van der Waals surface area contributed by atoms with Gasteiger partial charge in [-0.05, 0) is 47.9 Å². The Balaban J connectivity index is 1.25. The van der Waals surface area contributed by atoms with Crippen LogP contribution in [0, 0.1) is 5.41 Å². The molecule has 1 aliphatic heterocycles. The number of fused-ring (bicyclic) bond motifs is 2. The van der Waals surface area contributed by atoms with Crippen LogP contribution in [0.4, 0.5) is 5.95 Å². The maximum absolute atomic E-state index is 6.76. The average Bonchev–Trinajstić information content (AvgIpc) is 3.42. The summed E-state index contributed by atoms with van der Waals surface area (Å²) in [4.78, 5) is 13.6. The van der Waals surface area contributed by atoms with E-state index in [1.54, 1.807) is 6.07 Å². The molecule has 1 aliphatic carbocycles. The highest BCUT2D eigenvalue weighted by Gasteiger charge is 2.46. The Morgan fingerprint density at radius 3 is 2.64 bits per heavy atom. The molecule has 6 rings (SSSR count). The summed E-state index contributed by atoms with van der Waals surface area (Å²) in [7, 11) is 0. The first-order chi connectivity index (χ1) is 16.1. The first-order valence-corrected chi connectivity index (χ1v) is 12.7. The van der Waals surface area contributed by atoms with Crippen LogP contribution in [0.25, 0.3) is 5.65 Å². The highest BCUT2D eigenvalue weighted by Crippen LogP contribution is 2.51. The van der Waals surface area contributed by atoms with Gasteiger partial charge in [0.1, 0.15) is 0 Å². The summed E-state index contributed by atoms with van der Waals surface area (Å²) in [6.45, 7) is 1.85. The molecule has 1 fully saturated rings.